The van der Waals surface area contributed by atoms with E-state index in [0.29, 0.717) is 18.2 Å². The third kappa shape index (κ3) is 4.66. The lowest BCUT2D eigenvalue weighted by Crippen LogP contribution is -2.31. The van der Waals surface area contributed by atoms with Crippen molar-refractivity contribution in [3.63, 3.8) is 0 Å². The van der Waals surface area contributed by atoms with E-state index in [-0.39, 0.29) is 5.75 Å². The summed E-state index contributed by atoms with van der Waals surface area (Å²) in [5, 5.41) is 3.21. The summed E-state index contributed by atoms with van der Waals surface area (Å²) in [6, 6.07) is 9.52. The molecule has 0 atom stereocenters. The van der Waals surface area contributed by atoms with Crippen molar-refractivity contribution >= 4 is 15.7 Å². The highest BCUT2D eigenvalue weighted by Crippen LogP contribution is 2.15. The van der Waals surface area contributed by atoms with Crippen LogP contribution in [-0.2, 0) is 10.0 Å². The molecule has 18 heavy (non-hydrogen) atoms. The van der Waals surface area contributed by atoms with Crippen LogP contribution in [0.15, 0.2) is 30.3 Å². The third-order valence-corrected chi connectivity index (χ3v) is 4.52. The molecule has 1 N–H and O–H groups in total. The quantitative estimate of drug-likeness (QED) is 0.769. The fourth-order valence-corrected chi connectivity index (χ4v) is 2.81. The van der Waals surface area contributed by atoms with Gasteiger partial charge in [-0.15, -0.1) is 0 Å². The van der Waals surface area contributed by atoms with E-state index in [4.69, 9.17) is 0 Å². The van der Waals surface area contributed by atoms with Crippen LogP contribution in [0.2, 0.25) is 0 Å². The molecule has 0 saturated carbocycles. The van der Waals surface area contributed by atoms with Gasteiger partial charge in [0, 0.05) is 13.1 Å². The monoisotopic (exact) mass is 270 g/mol. The van der Waals surface area contributed by atoms with Crippen molar-refractivity contribution < 1.29 is 8.42 Å². The van der Waals surface area contributed by atoms with Gasteiger partial charge in [0.1, 0.15) is 0 Å². The van der Waals surface area contributed by atoms with E-state index in [9.17, 15) is 8.42 Å². The topological polar surface area (TPSA) is 49.4 Å². The maximum absolute atomic E-state index is 12.1. The molecular weight excluding hydrogens is 248 g/mol. The molecule has 0 unspecified atom stereocenters. The number of rotatable bonds is 7. The van der Waals surface area contributed by atoms with Crippen LogP contribution < -0.4 is 9.62 Å². The molecule has 0 saturated heterocycles. The molecule has 102 valence electrons. The van der Waals surface area contributed by atoms with E-state index >= 15 is 0 Å². The molecule has 0 heterocycles. The predicted octanol–water partition coefficient (Wildman–Crippen LogP) is 1.84. The molecule has 0 spiro atoms. The van der Waals surface area contributed by atoms with Crippen LogP contribution >= 0.6 is 0 Å². The molecule has 1 aromatic rings. The van der Waals surface area contributed by atoms with Gasteiger partial charge in [-0.3, -0.25) is 4.31 Å². The van der Waals surface area contributed by atoms with Crippen molar-refractivity contribution in [1.82, 2.24) is 5.32 Å². The summed E-state index contributed by atoms with van der Waals surface area (Å²) >= 11 is 0. The summed E-state index contributed by atoms with van der Waals surface area (Å²) < 4.78 is 25.5. The number of nitrogens with zero attached hydrogens (tertiary/aromatic N) is 1. The SMILES string of the molecule is CC(C)NCCCS(=O)(=O)N(C)c1ccccc1. The highest BCUT2D eigenvalue weighted by molar-refractivity contribution is 7.92. The lowest BCUT2D eigenvalue weighted by Gasteiger charge is -2.19. The Morgan fingerprint density at radius 2 is 1.83 bits per heavy atom. The summed E-state index contributed by atoms with van der Waals surface area (Å²) in [5.74, 6) is 0.165. The Morgan fingerprint density at radius 3 is 2.39 bits per heavy atom. The Kier molecular flexibility index (Phi) is 5.62. The van der Waals surface area contributed by atoms with Gasteiger partial charge in [-0.1, -0.05) is 32.0 Å². The lowest BCUT2D eigenvalue weighted by atomic mass is 10.3. The molecule has 0 bridgehead atoms. The molecule has 5 heteroatoms. The van der Waals surface area contributed by atoms with Gasteiger partial charge < -0.3 is 5.32 Å². The molecule has 0 aliphatic heterocycles. The zero-order chi connectivity index (χ0) is 13.6. The molecule has 0 aliphatic carbocycles. The number of para-hydroxylation sites is 1. The van der Waals surface area contributed by atoms with Gasteiger partial charge in [0.25, 0.3) is 0 Å². The van der Waals surface area contributed by atoms with Crippen LogP contribution in [0.1, 0.15) is 20.3 Å². The molecular formula is C13H22N2O2S. The van der Waals surface area contributed by atoms with Gasteiger partial charge in [-0.25, -0.2) is 8.42 Å². The summed E-state index contributed by atoms with van der Waals surface area (Å²) in [4.78, 5) is 0. The smallest absolute Gasteiger partial charge is 0.234 e. The van der Waals surface area contributed by atoms with Crippen molar-refractivity contribution in [2.75, 3.05) is 23.7 Å². The fourth-order valence-electron chi connectivity index (χ4n) is 1.58. The van der Waals surface area contributed by atoms with Gasteiger partial charge >= 0.3 is 0 Å². The zero-order valence-corrected chi connectivity index (χ0v) is 12.1. The average molecular weight is 270 g/mol. The standard InChI is InChI=1S/C13H22N2O2S/c1-12(2)14-10-7-11-18(16,17)15(3)13-8-5-4-6-9-13/h4-6,8-9,12,14H,7,10-11H2,1-3H3. The Labute approximate surface area is 110 Å². The molecule has 4 nitrogen and oxygen atoms in total. The maximum atomic E-state index is 12.1. The van der Waals surface area contributed by atoms with Crippen LogP contribution in [0.25, 0.3) is 0 Å². The minimum Gasteiger partial charge on any atom is -0.314 e. The summed E-state index contributed by atoms with van der Waals surface area (Å²) in [6.45, 7) is 4.81. The largest absolute Gasteiger partial charge is 0.314 e. The van der Waals surface area contributed by atoms with E-state index in [1.807, 2.05) is 32.0 Å². The Hall–Kier alpha value is -1.07. The van der Waals surface area contributed by atoms with Crippen molar-refractivity contribution in [2.24, 2.45) is 0 Å². The molecule has 0 fully saturated rings. The van der Waals surface area contributed by atoms with Crippen molar-refractivity contribution in [3.8, 4) is 0 Å². The first-order valence-electron chi connectivity index (χ1n) is 6.18. The van der Waals surface area contributed by atoms with Crippen LogP contribution in [0.3, 0.4) is 0 Å². The number of nitrogens with one attached hydrogen (secondary N) is 1. The average Bonchev–Trinajstić information content (AvgIpc) is 2.34. The van der Waals surface area contributed by atoms with Crippen molar-refractivity contribution in [1.29, 1.82) is 0 Å². The molecule has 1 rings (SSSR count). The van der Waals surface area contributed by atoms with Crippen molar-refractivity contribution in [3.05, 3.63) is 30.3 Å². The maximum Gasteiger partial charge on any atom is 0.234 e. The second kappa shape index (κ2) is 6.75. The summed E-state index contributed by atoms with van der Waals surface area (Å²) in [5.41, 5.74) is 0.703. The zero-order valence-electron chi connectivity index (χ0n) is 11.3. The summed E-state index contributed by atoms with van der Waals surface area (Å²) in [7, 11) is -1.62. The van der Waals surface area contributed by atoms with Crippen LogP contribution in [0, 0.1) is 0 Å². The first-order chi connectivity index (χ1) is 8.43. The second-order valence-corrected chi connectivity index (χ2v) is 6.70. The summed E-state index contributed by atoms with van der Waals surface area (Å²) in [6.07, 6.45) is 0.623. The van der Waals surface area contributed by atoms with Gasteiger partial charge in [0.15, 0.2) is 0 Å². The van der Waals surface area contributed by atoms with Gasteiger partial charge in [0.2, 0.25) is 10.0 Å². The van der Waals surface area contributed by atoms with Crippen LogP contribution in [0.4, 0.5) is 5.69 Å². The number of sulfonamides is 1. The first-order valence-corrected chi connectivity index (χ1v) is 7.79. The van der Waals surface area contributed by atoms with Crippen LogP contribution in [0.5, 0.6) is 0 Å². The normalized spacial score (nSPS) is 11.8. The van der Waals surface area contributed by atoms with Gasteiger partial charge in [0.05, 0.1) is 11.4 Å². The van der Waals surface area contributed by atoms with E-state index in [1.165, 1.54) is 4.31 Å². The molecule has 0 radical (unpaired) electrons. The Morgan fingerprint density at radius 1 is 1.22 bits per heavy atom. The molecule has 1 aromatic carbocycles. The molecule has 0 amide bonds. The number of benzene rings is 1. The molecule has 0 aromatic heterocycles. The van der Waals surface area contributed by atoms with E-state index in [2.05, 4.69) is 5.32 Å². The number of hydrogen-bond acceptors (Lipinski definition) is 3. The van der Waals surface area contributed by atoms with Gasteiger partial charge in [-0.2, -0.15) is 0 Å². The Bertz CT molecular complexity index is 443. The van der Waals surface area contributed by atoms with E-state index in [0.717, 1.165) is 6.54 Å². The fraction of sp³-hybridized carbons (Fsp3) is 0.538. The van der Waals surface area contributed by atoms with E-state index < -0.39 is 10.0 Å². The number of anilines is 1. The highest BCUT2D eigenvalue weighted by atomic mass is 32.2. The van der Waals surface area contributed by atoms with Crippen LogP contribution in [-0.4, -0.2) is 33.8 Å². The van der Waals surface area contributed by atoms with Gasteiger partial charge in [-0.05, 0) is 25.1 Å². The minimum atomic E-state index is -3.22. The second-order valence-electron chi connectivity index (χ2n) is 4.58. The predicted molar refractivity (Wildman–Crippen MR) is 76.4 cm³/mol. The lowest BCUT2D eigenvalue weighted by molar-refractivity contribution is 0.568. The molecule has 0 aliphatic rings. The van der Waals surface area contributed by atoms with Crippen molar-refractivity contribution in [2.45, 2.75) is 26.3 Å². The Balaban J connectivity index is 2.53. The number of hydrogen-bond donors (Lipinski definition) is 1. The third-order valence-electron chi connectivity index (χ3n) is 2.67. The van der Waals surface area contributed by atoms with E-state index in [1.54, 1.807) is 19.2 Å². The first kappa shape index (κ1) is 15.0. The highest BCUT2D eigenvalue weighted by Gasteiger charge is 2.17. The minimum absolute atomic E-state index is 0.165.